The van der Waals surface area contributed by atoms with Crippen molar-refractivity contribution < 1.29 is 19.0 Å². The molecule has 0 unspecified atom stereocenters. The highest BCUT2D eigenvalue weighted by Crippen LogP contribution is 2.40. The van der Waals surface area contributed by atoms with Crippen LogP contribution in [-0.2, 0) is 4.79 Å². The average molecular weight is 437 g/mol. The van der Waals surface area contributed by atoms with Crippen LogP contribution < -0.4 is 24.4 Å². The summed E-state index contributed by atoms with van der Waals surface area (Å²) in [5.74, 6) is 4.62. The molecule has 1 aliphatic heterocycles. The lowest BCUT2D eigenvalue weighted by atomic mass is 10.2. The Balaban J connectivity index is 1.61. The van der Waals surface area contributed by atoms with Crippen LogP contribution in [0.5, 0.6) is 17.2 Å². The molecule has 8 nitrogen and oxygen atoms in total. The molecule has 2 heterocycles. The summed E-state index contributed by atoms with van der Waals surface area (Å²) >= 11 is 3.32. The van der Waals surface area contributed by atoms with Crippen molar-refractivity contribution in [1.29, 1.82) is 0 Å². The quantitative estimate of drug-likeness (QED) is 0.496. The standard InChI is InChI=1S/C19H24N4O4S2/c1-25-14-8-13(9-15(26-2)19(14)27-3)22-17(24)11-29-18-10-16(20-12-21-18)23-4-6-28-7-5-23/h8-10,12H,4-7,11H2,1-3H3,(H,22,24). The SMILES string of the molecule is COc1cc(NC(=O)CSc2cc(N3CCSCC3)ncn2)cc(OC)c1OC. The van der Waals surface area contributed by atoms with E-state index in [1.165, 1.54) is 33.1 Å². The number of aromatic nitrogens is 2. The highest BCUT2D eigenvalue weighted by molar-refractivity contribution is 8.00. The normalized spacial score (nSPS) is 13.7. The molecule has 1 fully saturated rings. The number of ether oxygens (including phenoxy) is 3. The number of nitrogens with zero attached hydrogens (tertiary/aromatic N) is 3. The molecule has 2 aromatic rings. The predicted octanol–water partition coefficient (Wildman–Crippen LogP) is 2.79. The zero-order valence-electron chi connectivity index (χ0n) is 16.6. The highest BCUT2D eigenvalue weighted by atomic mass is 32.2. The van der Waals surface area contributed by atoms with Crippen molar-refractivity contribution in [3.05, 3.63) is 24.5 Å². The molecule has 156 valence electrons. The van der Waals surface area contributed by atoms with Gasteiger partial charge in [0.1, 0.15) is 17.2 Å². The maximum Gasteiger partial charge on any atom is 0.234 e. The fourth-order valence-corrected chi connectivity index (χ4v) is 4.43. The number of methoxy groups -OCH3 is 3. The molecule has 0 saturated carbocycles. The number of carbonyl (C=O) groups is 1. The molecule has 0 atom stereocenters. The van der Waals surface area contributed by atoms with Gasteiger partial charge in [0.15, 0.2) is 11.5 Å². The maximum absolute atomic E-state index is 12.4. The van der Waals surface area contributed by atoms with Crippen LogP contribution in [-0.4, -0.2) is 67.6 Å². The van der Waals surface area contributed by atoms with Crippen LogP contribution in [0.3, 0.4) is 0 Å². The van der Waals surface area contributed by atoms with Gasteiger partial charge in [0.05, 0.1) is 27.1 Å². The van der Waals surface area contributed by atoms with Crippen LogP contribution in [0.1, 0.15) is 0 Å². The van der Waals surface area contributed by atoms with E-state index < -0.39 is 0 Å². The first kappa shape index (κ1) is 21.4. The summed E-state index contributed by atoms with van der Waals surface area (Å²) < 4.78 is 15.9. The second-order valence-electron chi connectivity index (χ2n) is 6.06. The molecule has 3 rings (SSSR count). The van der Waals surface area contributed by atoms with E-state index in [0.29, 0.717) is 22.9 Å². The molecule has 0 bridgehead atoms. The van der Waals surface area contributed by atoms with Crippen molar-refractivity contribution in [2.45, 2.75) is 5.03 Å². The van der Waals surface area contributed by atoms with E-state index in [1.807, 2.05) is 17.8 Å². The molecular formula is C19H24N4O4S2. The van der Waals surface area contributed by atoms with E-state index in [1.54, 1.807) is 18.5 Å². The first-order chi connectivity index (χ1) is 14.1. The minimum atomic E-state index is -0.154. The van der Waals surface area contributed by atoms with Crippen LogP contribution in [0.25, 0.3) is 0 Å². The molecule has 1 aromatic heterocycles. The topological polar surface area (TPSA) is 85.8 Å². The van der Waals surface area contributed by atoms with Crippen LogP contribution in [0.2, 0.25) is 0 Å². The summed E-state index contributed by atoms with van der Waals surface area (Å²) in [6, 6.07) is 5.33. The molecule has 0 radical (unpaired) electrons. The fraction of sp³-hybridized carbons (Fsp3) is 0.421. The number of rotatable bonds is 8. The van der Waals surface area contributed by atoms with Gasteiger partial charge in [-0.3, -0.25) is 4.79 Å². The third-order valence-corrected chi connectivity index (χ3v) is 6.13. The van der Waals surface area contributed by atoms with Gasteiger partial charge in [-0.2, -0.15) is 11.8 Å². The fourth-order valence-electron chi connectivity index (χ4n) is 2.86. The number of hydrogen-bond donors (Lipinski definition) is 1. The number of carbonyl (C=O) groups excluding carboxylic acids is 1. The second kappa shape index (κ2) is 10.4. The third kappa shape index (κ3) is 5.60. The Morgan fingerprint density at radius 2 is 1.79 bits per heavy atom. The number of amides is 1. The lowest BCUT2D eigenvalue weighted by Gasteiger charge is -2.27. The summed E-state index contributed by atoms with van der Waals surface area (Å²) in [7, 11) is 4.60. The Morgan fingerprint density at radius 3 is 2.41 bits per heavy atom. The van der Waals surface area contributed by atoms with Gasteiger partial charge in [0.25, 0.3) is 0 Å². The van der Waals surface area contributed by atoms with Gasteiger partial charge in [0, 0.05) is 48.5 Å². The van der Waals surface area contributed by atoms with E-state index >= 15 is 0 Å². The highest BCUT2D eigenvalue weighted by Gasteiger charge is 2.16. The zero-order chi connectivity index (χ0) is 20.6. The monoisotopic (exact) mass is 436 g/mol. The Hall–Kier alpha value is -2.33. The Labute approximate surface area is 178 Å². The van der Waals surface area contributed by atoms with E-state index in [4.69, 9.17) is 14.2 Å². The number of benzene rings is 1. The number of hydrogen-bond acceptors (Lipinski definition) is 9. The summed E-state index contributed by atoms with van der Waals surface area (Å²) in [5, 5.41) is 3.63. The number of thioether (sulfide) groups is 2. The van der Waals surface area contributed by atoms with Crippen molar-refractivity contribution in [3.63, 3.8) is 0 Å². The maximum atomic E-state index is 12.4. The summed E-state index contributed by atoms with van der Waals surface area (Å²) in [5.41, 5.74) is 0.569. The second-order valence-corrected chi connectivity index (χ2v) is 8.29. The molecule has 0 spiro atoms. The number of nitrogens with one attached hydrogen (secondary N) is 1. The van der Waals surface area contributed by atoms with Gasteiger partial charge in [-0.15, -0.1) is 0 Å². The summed E-state index contributed by atoms with van der Waals surface area (Å²) in [4.78, 5) is 23.3. The third-order valence-electron chi connectivity index (χ3n) is 4.26. The van der Waals surface area contributed by atoms with Crippen LogP contribution in [0, 0.1) is 0 Å². The average Bonchev–Trinajstić information content (AvgIpc) is 2.77. The van der Waals surface area contributed by atoms with E-state index in [2.05, 4.69) is 20.2 Å². The molecule has 1 N–H and O–H groups in total. The summed E-state index contributed by atoms with van der Waals surface area (Å²) in [6.07, 6.45) is 1.55. The first-order valence-corrected chi connectivity index (χ1v) is 11.2. The van der Waals surface area contributed by atoms with E-state index in [0.717, 1.165) is 35.4 Å². The van der Waals surface area contributed by atoms with Gasteiger partial charge >= 0.3 is 0 Å². The minimum absolute atomic E-state index is 0.154. The lowest BCUT2D eigenvalue weighted by molar-refractivity contribution is -0.113. The van der Waals surface area contributed by atoms with Crippen molar-refractivity contribution in [2.75, 3.05) is 61.9 Å². The van der Waals surface area contributed by atoms with Crippen molar-refractivity contribution in [2.24, 2.45) is 0 Å². The molecule has 1 aromatic carbocycles. The van der Waals surface area contributed by atoms with Crippen molar-refractivity contribution in [1.82, 2.24) is 9.97 Å². The van der Waals surface area contributed by atoms with Gasteiger partial charge < -0.3 is 24.4 Å². The minimum Gasteiger partial charge on any atom is -0.493 e. The predicted molar refractivity (Wildman–Crippen MR) is 117 cm³/mol. The Morgan fingerprint density at radius 1 is 1.10 bits per heavy atom. The summed E-state index contributed by atoms with van der Waals surface area (Å²) in [6.45, 7) is 1.96. The molecular weight excluding hydrogens is 412 g/mol. The smallest absolute Gasteiger partial charge is 0.234 e. The van der Waals surface area contributed by atoms with Gasteiger partial charge in [0.2, 0.25) is 11.7 Å². The van der Waals surface area contributed by atoms with Crippen LogP contribution in [0.4, 0.5) is 11.5 Å². The van der Waals surface area contributed by atoms with Gasteiger partial charge in [-0.05, 0) is 0 Å². The van der Waals surface area contributed by atoms with E-state index in [-0.39, 0.29) is 11.7 Å². The zero-order valence-corrected chi connectivity index (χ0v) is 18.3. The molecule has 1 amide bonds. The van der Waals surface area contributed by atoms with Crippen LogP contribution in [0.15, 0.2) is 29.6 Å². The van der Waals surface area contributed by atoms with Gasteiger partial charge in [-0.1, -0.05) is 11.8 Å². The van der Waals surface area contributed by atoms with Gasteiger partial charge in [-0.25, -0.2) is 9.97 Å². The molecule has 29 heavy (non-hydrogen) atoms. The molecule has 0 aliphatic carbocycles. The largest absolute Gasteiger partial charge is 0.493 e. The number of anilines is 2. The van der Waals surface area contributed by atoms with E-state index in [9.17, 15) is 4.79 Å². The van der Waals surface area contributed by atoms with Crippen molar-refractivity contribution >= 4 is 40.9 Å². The molecule has 1 saturated heterocycles. The van der Waals surface area contributed by atoms with Crippen LogP contribution >= 0.6 is 23.5 Å². The molecule has 10 heteroatoms. The van der Waals surface area contributed by atoms with Crippen molar-refractivity contribution in [3.8, 4) is 17.2 Å². The lowest BCUT2D eigenvalue weighted by Crippen LogP contribution is -2.33. The molecule has 1 aliphatic rings. The first-order valence-electron chi connectivity index (χ1n) is 9.02. The Bertz CT molecular complexity index is 822. The Kier molecular flexibility index (Phi) is 7.70.